The third kappa shape index (κ3) is 4.55. The van der Waals surface area contributed by atoms with Crippen LogP contribution in [-0.4, -0.2) is 29.5 Å². The fourth-order valence-corrected chi connectivity index (χ4v) is 4.57. The number of anilines is 1. The van der Waals surface area contributed by atoms with Crippen molar-refractivity contribution >= 4 is 27.4 Å². The van der Waals surface area contributed by atoms with Crippen LogP contribution in [0.4, 0.5) is 35.9 Å². The lowest BCUT2D eigenvalue weighted by atomic mass is 10.0. The summed E-state index contributed by atoms with van der Waals surface area (Å²) < 4.78 is 97.4. The van der Waals surface area contributed by atoms with Gasteiger partial charge in [0.05, 0.1) is 4.88 Å². The Kier molecular flexibility index (Phi) is 6.33. The van der Waals surface area contributed by atoms with Gasteiger partial charge in [-0.3, -0.25) is 0 Å². The summed E-state index contributed by atoms with van der Waals surface area (Å²) in [7, 11) is 1.39. The Labute approximate surface area is 202 Å². The highest BCUT2D eigenvalue weighted by molar-refractivity contribution is 7.15. The maximum atomic E-state index is 13.3. The first-order chi connectivity index (χ1) is 16.7. The Balaban J connectivity index is 1.64. The third-order valence-corrected chi connectivity index (χ3v) is 6.60. The first kappa shape index (κ1) is 25.6. The van der Waals surface area contributed by atoms with E-state index in [0.717, 1.165) is 0 Å². The van der Waals surface area contributed by atoms with E-state index in [1.165, 1.54) is 48.3 Å². The van der Waals surface area contributed by atoms with Crippen molar-refractivity contribution in [3.05, 3.63) is 81.4 Å². The minimum absolute atomic E-state index is 0.0240. The number of aromatic nitrogens is 1. The molecule has 0 aliphatic rings. The van der Waals surface area contributed by atoms with E-state index in [4.69, 9.17) is 4.42 Å². The van der Waals surface area contributed by atoms with Crippen LogP contribution >= 0.6 is 11.3 Å². The average molecular weight is 532 g/mol. The van der Waals surface area contributed by atoms with Crippen molar-refractivity contribution in [3.63, 3.8) is 0 Å². The van der Waals surface area contributed by atoms with Gasteiger partial charge in [-0.2, -0.15) is 26.3 Å². The number of hydrogen-bond acceptors (Lipinski definition) is 6. The number of halogens is 7. The lowest BCUT2D eigenvalue weighted by Crippen LogP contribution is -2.53. The summed E-state index contributed by atoms with van der Waals surface area (Å²) >= 11 is 0.0486. The molecule has 0 unspecified atom stereocenters. The van der Waals surface area contributed by atoms with Crippen LogP contribution in [0.1, 0.15) is 10.4 Å². The summed E-state index contributed by atoms with van der Waals surface area (Å²) in [4.78, 5) is 15.6. The number of thiazole rings is 1. The molecule has 0 saturated heterocycles. The van der Waals surface area contributed by atoms with Crippen molar-refractivity contribution in [1.29, 1.82) is 0 Å². The van der Waals surface area contributed by atoms with Crippen molar-refractivity contribution in [1.82, 2.24) is 4.98 Å². The number of benzene rings is 2. The van der Waals surface area contributed by atoms with E-state index in [1.807, 2.05) is 0 Å². The van der Waals surface area contributed by atoms with Gasteiger partial charge in [0.15, 0.2) is 5.13 Å². The van der Waals surface area contributed by atoms with Gasteiger partial charge >= 0.3 is 18.0 Å². The summed E-state index contributed by atoms with van der Waals surface area (Å²) in [6, 6.07) is 11.5. The fraction of sp³-hybridized carbons (Fsp3) is 0.217. The van der Waals surface area contributed by atoms with Crippen molar-refractivity contribution in [2.75, 3.05) is 11.9 Å². The molecule has 2 aromatic heterocycles. The fourth-order valence-electron chi connectivity index (χ4n) is 3.56. The summed E-state index contributed by atoms with van der Waals surface area (Å²) in [6.45, 7) is -0.0240. The van der Waals surface area contributed by atoms with Crippen molar-refractivity contribution in [2.24, 2.45) is 0 Å². The molecule has 0 fully saturated rings. The van der Waals surface area contributed by atoms with Crippen LogP contribution in [0, 0.1) is 5.82 Å². The maximum absolute atomic E-state index is 13.3. The molecule has 0 spiro atoms. The Bertz CT molecular complexity index is 1450. The predicted molar refractivity (Wildman–Crippen MR) is 118 cm³/mol. The van der Waals surface area contributed by atoms with E-state index in [1.54, 1.807) is 12.1 Å². The lowest BCUT2D eigenvalue weighted by molar-refractivity contribution is -0.375. The van der Waals surface area contributed by atoms with Crippen LogP contribution in [0.2, 0.25) is 0 Å². The number of aliphatic hydroxyl groups is 1. The SMILES string of the molecule is CN(Cc1ccc2c(-c3ccc(F)cc3)cc(=O)oc2c1)c1ncc(C(O)(C(F)(F)F)C(F)(F)F)s1. The van der Waals surface area contributed by atoms with Gasteiger partial charge in [-0.1, -0.05) is 35.6 Å². The smallest absolute Gasteiger partial charge is 0.423 e. The topological polar surface area (TPSA) is 66.6 Å². The molecule has 0 amide bonds. The van der Waals surface area contributed by atoms with Crippen LogP contribution in [-0.2, 0) is 12.1 Å². The molecule has 0 bridgehead atoms. The van der Waals surface area contributed by atoms with Gasteiger partial charge < -0.3 is 14.4 Å². The van der Waals surface area contributed by atoms with E-state index >= 15 is 0 Å². The Hall–Kier alpha value is -3.45. The van der Waals surface area contributed by atoms with Crippen LogP contribution in [0.3, 0.4) is 0 Å². The molecule has 13 heteroatoms. The van der Waals surface area contributed by atoms with Gasteiger partial charge in [-0.15, -0.1) is 0 Å². The number of nitrogens with zero attached hydrogens (tertiary/aromatic N) is 2. The molecular weight excluding hydrogens is 517 g/mol. The van der Waals surface area contributed by atoms with Crippen LogP contribution < -0.4 is 10.5 Å². The van der Waals surface area contributed by atoms with Gasteiger partial charge in [-0.25, -0.2) is 14.2 Å². The number of rotatable bonds is 5. The van der Waals surface area contributed by atoms with Crippen LogP contribution in [0.25, 0.3) is 22.1 Å². The van der Waals surface area contributed by atoms with Gasteiger partial charge in [0.25, 0.3) is 5.60 Å². The molecule has 2 heterocycles. The third-order valence-electron chi connectivity index (χ3n) is 5.38. The second kappa shape index (κ2) is 8.89. The highest BCUT2D eigenvalue weighted by Gasteiger charge is 2.72. The maximum Gasteiger partial charge on any atom is 0.431 e. The van der Waals surface area contributed by atoms with Gasteiger partial charge in [0.2, 0.25) is 0 Å². The first-order valence-electron chi connectivity index (χ1n) is 10.1. The van der Waals surface area contributed by atoms with Gasteiger partial charge in [0, 0.05) is 31.2 Å². The minimum atomic E-state index is -6.01. The molecule has 4 aromatic rings. The second-order valence-electron chi connectivity index (χ2n) is 7.89. The number of alkyl halides is 6. The van der Waals surface area contributed by atoms with E-state index in [0.29, 0.717) is 28.3 Å². The van der Waals surface area contributed by atoms with Crippen molar-refractivity contribution < 1.29 is 40.3 Å². The molecule has 36 heavy (non-hydrogen) atoms. The van der Waals surface area contributed by atoms with E-state index in [9.17, 15) is 40.6 Å². The predicted octanol–water partition coefficient (Wildman–Crippen LogP) is 6.00. The molecule has 0 aliphatic carbocycles. The monoisotopic (exact) mass is 532 g/mol. The normalized spacial score (nSPS) is 12.8. The van der Waals surface area contributed by atoms with Gasteiger partial charge in [-0.05, 0) is 34.9 Å². The quantitative estimate of drug-likeness (QED) is 0.252. The largest absolute Gasteiger partial charge is 0.431 e. The highest BCUT2D eigenvalue weighted by Crippen LogP contribution is 2.52. The molecule has 5 nitrogen and oxygen atoms in total. The Morgan fingerprint density at radius 1 is 1.00 bits per heavy atom. The number of fused-ring (bicyclic) bond motifs is 1. The minimum Gasteiger partial charge on any atom is -0.423 e. The summed E-state index contributed by atoms with van der Waals surface area (Å²) in [5, 5.41) is 9.88. The molecule has 0 atom stereocenters. The molecule has 2 aromatic carbocycles. The van der Waals surface area contributed by atoms with Crippen LogP contribution in [0.5, 0.6) is 0 Å². The van der Waals surface area contributed by atoms with Gasteiger partial charge in [0.1, 0.15) is 11.4 Å². The van der Waals surface area contributed by atoms with E-state index < -0.39 is 34.3 Å². The zero-order valence-corrected chi connectivity index (χ0v) is 18.9. The first-order valence-corrected chi connectivity index (χ1v) is 10.9. The van der Waals surface area contributed by atoms with Crippen molar-refractivity contribution in [2.45, 2.75) is 24.5 Å². The molecular formula is C23H15F7N2O3S. The summed E-state index contributed by atoms with van der Waals surface area (Å²) in [5.74, 6) is -0.453. The second-order valence-corrected chi connectivity index (χ2v) is 8.89. The molecule has 190 valence electrons. The van der Waals surface area contributed by atoms with E-state index in [2.05, 4.69) is 4.98 Å². The number of hydrogen-bond donors (Lipinski definition) is 1. The zero-order chi connectivity index (χ0) is 26.5. The summed E-state index contributed by atoms with van der Waals surface area (Å²) in [5.41, 5.74) is -3.99. The summed E-state index contributed by atoms with van der Waals surface area (Å²) in [6.07, 6.45) is -11.7. The zero-order valence-electron chi connectivity index (χ0n) is 18.1. The standard InChI is InChI=1S/C23H15F7N2O3S/c1-32(20-31-10-18(36-20)21(34,22(25,26)27)23(28,29)30)11-12-2-7-15-16(9-19(33)35-17(15)8-12)13-3-5-14(24)6-4-13/h2-10,34H,11H2,1H3. The Morgan fingerprint density at radius 3 is 2.25 bits per heavy atom. The molecule has 1 N–H and O–H groups in total. The molecule has 4 rings (SSSR count). The van der Waals surface area contributed by atoms with E-state index in [-0.39, 0.29) is 28.6 Å². The lowest BCUT2D eigenvalue weighted by Gasteiger charge is -2.30. The van der Waals surface area contributed by atoms with Crippen LogP contribution in [0.15, 0.2) is 63.9 Å². The molecule has 0 radical (unpaired) electrons. The van der Waals surface area contributed by atoms with Crippen molar-refractivity contribution in [3.8, 4) is 11.1 Å². The average Bonchev–Trinajstić information content (AvgIpc) is 3.27. The molecule has 0 aliphatic heterocycles. The Morgan fingerprint density at radius 2 is 1.64 bits per heavy atom. The molecule has 0 saturated carbocycles. The highest BCUT2D eigenvalue weighted by atomic mass is 32.1.